The summed E-state index contributed by atoms with van der Waals surface area (Å²) in [6.07, 6.45) is 3.41. The summed E-state index contributed by atoms with van der Waals surface area (Å²) in [4.78, 5) is 19.1. The van der Waals surface area contributed by atoms with Crippen molar-refractivity contribution in [2.75, 3.05) is 11.1 Å². The highest BCUT2D eigenvalue weighted by molar-refractivity contribution is 8.00. The molecule has 1 amide bonds. The van der Waals surface area contributed by atoms with Crippen LogP contribution in [0.3, 0.4) is 0 Å². The number of benzene rings is 3. The lowest BCUT2D eigenvalue weighted by molar-refractivity contribution is -0.113. The molecule has 5 rings (SSSR count). The second-order valence-electron chi connectivity index (χ2n) is 8.15. The quantitative estimate of drug-likeness (QED) is 0.189. The van der Waals surface area contributed by atoms with Crippen LogP contribution in [0, 0.1) is 6.92 Å². The van der Waals surface area contributed by atoms with Crippen molar-refractivity contribution in [3.63, 3.8) is 0 Å². The Morgan fingerprint density at radius 2 is 1.68 bits per heavy atom. The van der Waals surface area contributed by atoms with Gasteiger partial charge in [-0.15, -0.1) is 10.2 Å². The average Bonchev–Trinajstić information content (AvgIpc) is 3.35. The van der Waals surface area contributed by atoms with E-state index in [2.05, 4.69) is 20.5 Å². The van der Waals surface area contributed by atoms with Crippen LogP contribution >= 0.6 is 46.7 Å². The second kappa shape index (κ2) is 12.0. The molecule has 0 aliphatic carbocycles. The van der Waals surface area contributed by atoms with Crippen molar-refractivity contribution in [1.82, 2.24) is 19.7 Å². The van der Waals surface area contributed by atoms with Gasteiger partial charge in [-0.05, 0) is 73.2 Å². The Bertz CT molecular complexity index is 1580. The Hall–Kier alpha value is -3.30. The van der Waals surface area contributed by atoms with Crippen molar-refractivity contribution >= 4 is 58.3 Å². The van der Waals surface area contributed by atoms with Crippen LogP contribution in [0.5, 0.6) is 0 Å². The number of nitrogens with one attached hydrogen (secondary N) is 1. The third-order valence-corrected chi connectivity index (χ3v) is 8.26. The van der Waals surface area contributed by atoms with Crippen LogP contribution in [0.1, 0.15) is 5.56 Å². The van der Waals surface area contributed by atoms with E-state index in [-0.39, 0.29) is 11.7 Å². The minimum atomic E-state index is -0.151. The summed E-state index contributed by atoms with van der Waals surface area (Å²) in [6.45, 7) is 1.95. The molecule has 2 heterocycles. The van der Waals surface area contributed by atoms with Gasteiger partial charge in [-0.2, -0.15) is 0 Å². The lowest BCUT2D eigenvalue weighted by atomic mass is 10.2. The molecule has 0 radical (unpaired) electrons. The minimum Gasteiger partial charge on any atom is -0.324 e. The molecule has 6 nitrogen and oxygen atoms in total. The van der Waals surface area contributed by atoms with Crippen LogP contribution in [0.25, 0.3) is 17.1 Å². The van der Waals surface area contributed by atoms with Gasteiger partial charge in [0.2, 0.25) is 5.91 Å². The van der Waals surface area contributed by atoms with Crippen LogP contribution in [0.4, 0.5) is 5.69 Å². The fraction of sp³-hybridized carbons (Fsp3) is 0.0714. The number of thioether (sulfide) groups is 1. The number of halogens is 2. The molecule has 0 bridgehead atoms. The third kappa shape index (κ3) is 6.05. The number of anilines is 1. The fourth-order valence-corrected chi connectivity index (χ4v) is 5.65. The highest BCUT2D eigenvalue weighted by Gasteiger charge is 2.19. The Morgan fingerprint density at radius 1 is 0.921 bits per heavy atom. The summed E-state index contributed by atoms with van der Waals surface area (Å²) >= 11 is 15.3. The Labute approximate surface area is 238 Å². The molecule has 0 aliphatic rings. The number of para-hydroxylation sites is 1. The molecule has 0 aliphatic heterocycles. The summed E-state index contributed by atoms with van der Waals surface area (Å²) < 4.78 is 1.93. The highest BCUT2D eigenvalue weighted by atomic mass is 35.5. The van der Waals surface area contributed by atoms with Crippen molar-refractivity contribution in [3.8, 4) is 17.1 Å². The monoisotopic (exact) mass is 577 g/mol. The van der Waals surface area contributed by atoms with Gasteiger partial charge >= 0.3 is 0 Å². The number of carbonyl (C=O) groups excluding carboxylic acids is 1. The summed E-state index contributed by atoms with van der Waals surface area (Å²) in [7, 11) is 0. The first-order chi connectivity index (χ1) is 18.5. The predicted molar refractivity (Wildman–Crippen MR) is 156 cm³/mol. The van der Waals surface area contributed by atoms with Gasteiger partial charge in [0.25, 0.3) is 0 Å². The number of hydrogen-bond acceptors (Lipinski definition) is 6. The van der Waals surface area contributed by atoms with Gasteiger partial charge in [-0.25, -0.2) is 0 Å². The van der Waals surface area contributed by atoms with Crippen molar-refractivity contribution in [1.29, 1.82) is 0 Å². The van der Waals surface area contributed by atoms with Crippen molar-refractivity contribution in [3.05, 3.63) is 107 Å². The number of amides is 1. The molecule has 0 saturated heterocycles. The molecular weight excluding hydrogens is 557 g/mol. The van der Waals surface area contributed by atoms with E-state index in [1.54, 1.807) is 24.2 Å². The fourth-order valence-electron chi connectivity index (χ4n) is 3.71. The molecule has 0 saturated carbocycles. The van der Waals surface area contributed by atoms with Crippen molar-refractivity contribution < 1.29 is 4.79 Å². The number of pyridine rings is 1. The van der Waals surface area contributed by atoms with Crippen LogP contribution in [0.2, 0.25) is 10.0 Å². The summed E-state index contributed by atoms with van der Waals surface area (Å²) in [5.74, 6) is 0.640. The Morgan fingerprint density at radius 3 is 2.47 bits per heavy atom. The highest BCUT2D eigenvalue weighted by Crippen LogP contribution is 2.35. The molecule has 2 aromatic heterocycles. The van der Waals surface area contributed by atoms with Crippen LogP contribution in [-0.4, -0.2) is 31.4 Å². The van der Waals surface area contributed by atoms with Gasteiger partial charge in [0, 0.05) is 37.8 Å². The molecule has 0 unspecified atom stereocenters. The zero-order chi connectivity index (χ0) is 26.5. The maximum Gasteiger partial charge on any atom is 0.234 e. The summed E-state index contributed by atoms with van der Waals surface area (Å²) in [5, 5.41) is 13.8. The molecule has 0 fully saturated rings. The summed E-state index contributed by atoms with van der Waals surface area (Å²) in [6, 6.07) is 24.7. The first kappa shape index (κ1) is 26.3. The van der Waals surface area contributed by atoms with E-state index in [0.29, 0.717) is 21.0 Å². The maximum absolute atomic E-state index is 13.0. The van der Waals surface area contributed by atoms with Crippen molar-refractivity contribution in [2.24, 2.45) is 0 Å². The number of carbonyl (C=O) groups is 1. The molecule has 1 N–H and O–H groups in total. The largest absolute Gasteiger partial charge is 0.324 e. The van der Waals surface area contributed by atoms with E-state index in [1.807, 2.05) is 90.4 Å². The average molecular weight is 579 g/mol. The first-order valence-electron chi connectivity index (χ1n) is 11.6. The van der Waals surface area contributed by atoms with Gasteiger partial charge in [-0.1, -0.05) is 64.9 Å². The van der Waals surface area contributed by atoms with E-state index < -0.39 is 0 Å². The maximum atomic E-state index is 13.0. The minimum absolute atomic E-state index is 0.147. The second-order valence-corrected chi connectivity index (χ2v) is 11.1. The Balaban J connectivity index is 1.37. The molecular formula is C28H21Cl2N5OS2. The number of nitrogens with zero attached hydrogens (tertiary/aromatic N) is 4. The molecule has 10 heteroatoms. The van der Waals surface area contributed by atoms with Crippen molar-refractivity contribution in [2.45, 2.75) is 21.9 Å². The van der Waals surface area contributed by atoms with E-state index in [1.165, 1.54) is 11.8 Å². The SMILES string of the molecule is Cc1c(Cl)cccc1-n1c(SCC(=O)Nc2ccccc2Sc2ccc(Cl)cc2)nnc1-c1ccncc1. The topological polar surface area (TPSA) is 72.7 Å². The normalized spacial score (nSPS) is 10.9. The van der Waals surface area contributed by atoms with Gasteiger partial charge in [0.15, 0.2) is 11.0 Å². The number of hydrogen-bond donors (Lipinski definition) is 1. The van der Waals surface area contributed by atoms with E-state index in [4.69, 9.17) is 23.2 Å². The van der Waals surface area contributed by atoms with Gasteiger partial charge < -0.3 is 5.32 Å². The third-order valence-electron chi connectivity index (χ3n) is 5.59. The van der Waals surface area contributed by atoms with Gasteiger partial charge in [0.1, 0.15) is 0 Å². The first-order valence-corrected chi connectivity index (χ1v) is 14.1. The smallest absolute Gasteiger partial charge is 0.234 e. The van der Waals surface area contributed by atoms with E-state index >= 15 is 0 Å². The molecule has 38 heavy (non-hydrogen) atoms. The van der Waals surface area contributed by atoms with Crippen LogP contribution < -0.4 is 5.32 Å². The summed E-state index contributed by atoms with van der Waals surface area (Å²) in [5.41, 5.74) is 3.34. The number of aromatic nitrogens is 4. The zero-order valence-corrected chi connectivity index (χ0v) is 23.3. The molecule has 0 atom stereocenters. The van der Waals surface area contributed by atoms with E-state index in [0.717, 1.165) is 32.3 Å². The van der Waals surface area contributed by atoms with Crippen LogP contribution in [-0.2, 0) is 4.79 Å². The molecule has 0 spiro atoms. The molecule has 3 aromatic carbocycles. The standard InChI is InChI=1S/C28H21Cl2N5OS2/c1-18-22(30)5-4-7-24(18)35-27(19-13-15-31-16-14-19)33-34-28(35)37-17-26(36)32-23-6-2-3-8-25(23)38-21-11-9-20(29)10-12-21/h2-16H,17H2,1H3,(H,32,36). The zero-order valence-electron chi connectivity index (χ0n) is 20.1. The Kier molecular flexibility index (Phi) is 8.34. The van der Waals surface area contributed by atoms with Gasteiger partial charge in [0.05, 0.1) is 17.1 Å². The van der Waals surface area contributed by atoms with E-state index in [9.17, 15) is 4.79 Å². The molecule has 5 aromatic rings. The van der Waals surface area contributed by atoms with Gasteiger partial charge in [-0.3, -0.25) is 14.3 Å². The van der Waals surface area contributed by atoms with Crippen LogP contribution in [0.15, 0.2) is 106 Å². The lowest BCUT2D eigenvalue weighted by Gasteiger charge is -2.14. The predicted octanol–water partition coefficient (Wildman–Crippen LogP) is 7.83. The number of rotatable bonds is 8. The lowest BCUT2D eigenvalue weighted by Crippen LogP contribution is -2.15. The molecule has 190 valence electrons.